The number of hydrogen-bond donors (Lipinski definition) is 0. The average molecular weight is 395 g/mol. The lowest BCUT2D eigenvalue weighted by Gasteiger charge is -2.31. The van der Waals surface area contributed by atoms with Crippen LogP contribution in [0.4, 0.5) is 0 Å². The van der Waals surface area contributed by atoms with Crippen LogP contribution >= 0.6 is 11.3 Å². The highest BCUT2D eigenvalue weighted by molar-refractivity contribution is 7.20. The van der Waals surface area contributed by atoms with E-state index in [4.69, 9.17) is 0 Å². The minimum atomic E-state index is 0.00799. The molecule has 1 saturated heterocycles. The molecule has 0 saturated carbocycles. The summed E-state index contributed by atoms with van der Waals surface area (Å²) in [5, 5.41) is 5.15. The zero-order valence-electron chi connectivity index (χ0n) is 15.6. The number of para-hydroxylation sites is 1. The molecule has 28 heavy (non-hydrogen) atoms. The molecule has 5 rings (SSSR count). The highest BCUT2D eigenvalue weighted by atomic mass is 32.1. The molecule has 3 heterocycles. The van der Waals surface area contributed by atoms with Gasteiger partial charge in [0, 0.05) is 25.7 Å². The first-order valence-corrected chi connectivity index (χ1v) is 10.7. The number of piperidine rings is 1. The van der Waals surface area contributed by atoms with Crippen molar-refractivity contribution in [3.8, 4) is 0 Å². The van der Waals surface area contributed by atoms with Crippen LogP contribution in [0.15, 0.2) is 35.1 Å². The number of benzene rings is 1. The molecule has 1 aromatic carbocycles. The molecule has 6 nitrogen and oxygen atoms in total. The predicted molar refractivity (Wildman–Crippen MR) is 109 cm³/mol. The maximum absolute atomic E-state index is 12.8. The Labute approximate surface area is 166 Å². The predicted octanol–water partition coefficient (Wildman–Crippen LogP) is 2.89. The van der Waals surface area contributed by atoms with Crippen molar-refractivity contribution in [3.05, 3.63) is 57.0 Å². The number of aromatic nitrogens is 3. The Morgan fingerprint density at radius 2 is 2.00 bits per heavy atom. The first-order valence-electron chi connectivity index (χ1n) is 9.92. The molecule has 0 spiro atoms. The molecule has 1 fully saturated rings. The molecule has 144 valence electrons. The van der Waals surface area contributed by atoms with Crippen molar-refractivity contribution in [2.45, 2.75) is 38.6 Å². The van der Waals surface area contributed by atoms with Gasteiger partial charge < -0.3 is 4.90 Å². The fourth-order valence-corrected chi connectivity index (χ4v) is 5.17. The molecule has 2 aliphatic rings. The summed E-state index contributed by atoms with van der Waals surface area (Å²) < 4.78 is 2.68. The Bertz CT molecular complexity index is 1060. The van der Waals surface area contributed by atoms with Crippen LogP contribution in [-0.4, -0.2) is 38.7 Å². The van der Waals surface area contributed by atoms with Crippen LogP contribution in [0.2, 0.25) is 0 Å². The molecule has 0 bridgehead atoms. The van der Waals surface area contributed by atoms with E-state index >= 15 is 0 Å². The van der Waals surface area contributed by atoms with E-state index in [0.29, 0.717) is 30.6 Å². The Hall–Kier alpha value is -2.54. The summed E-state index contributed by atoms with van der Waals surface area (Å²) in [5.74, 6) is 0.400. The Morgan fingerprint density at radius 1 is 1.18 bits per heavy atom. The highest BCUT2D eigenvalue weighted by Gasteiger charge is 2.26. The van der Waals surface area contributed by atoms with Crippen molar-refractivity contribution in [2.24, 2.45) is 5.92 Å². The number of carbonyl (C=O) groups excluding carboxylic acids is 1. The van der Waals surface area contributed by atoms with Gasteiger partial charge in [-0.1, -0.05) is 12.1 Å². The lowest BCUT2D eigenvalue weighted by molar-refractivity contribution is 0.0680. The van der Waals surface area contributed by atoms with Crippen LogP contribution in [0, 0.1) is 5.92 Å². The molecule has 1 aliphatic carbocycles. The summed E-state index contributed by atoms with van der Waals surface area (Å²) >= 11 is 1.46. The Balaban J connectivity index is 1.24. The van der Waals surface area contributed by atoms with E-state index in [2.05, 4.69) is 10.1 Å². The van der Waals surface area contributed by atoms with Crippen LogP contribution in [0.25, 0.3) is 10.2 Å². The van der Waals surface area contributed by atoms with Crippen molar-refractivity contribution in [3.63, 3.8) is 0 Å². The zero-order valence-corrected chi connectivity index (χ0v) is 16.5. The maximum Gasteiger partial charge on any atom is 0.282 e. The van der Waals surface area contributed by atoms with Crippen LogP contribution in [0.1, 0.15) is 40.3 Å². The van der Waals surface area contributed by atoms with E-state index < -0.39 is 0 Å². The van der Waals surface area contributed by atoms with Crippen LogP contribution < -0.4 is 5.56 Å². The summed E-state index contributed by atoms with van der Waals surface area (Å²) in [4.78, 5) is 31.5. The number of hydrogen-bond acceptors (Lipinski definition) is 5. The van der Waals surface area contributed by atoms with E-state index in [-0.39, 0.29) is 11.5 Å². The molecule has 1 aliphatic heterocycles. The summed E-state index contributed by atoms with van der Waals surface area (Å²) in [6, 6.07) is 9.61. The zero-order chi connectivity index (χ0) is 19.1. The number of aryl methyl sites for hydroxylation is 2. The standard InChI is InChI=1S/C21H22N4O2S/c26-19-12-15-4-3-6-16(15)23-25(19)13-14-8-10-24(11-9-14)21(27)20-22-17-5-1-2-7-18(17)28-20/h1-2,5,7,12,14H,3-4,6,8-11,13H2. The minimum absolute atomic E-state index is 0.00799. The van der Waals surface area contributed by atoms with Gasteiger partial charge in [0.1, 0.15) is 0 Å². The summed E-state index contributed by atoms with van der Waals surface area (Å²) in [5.41, 5.74) is 3.10. The molecule has 0 radical (unpaired) electrons. The van der Waals surface area contributed by atoms with Crippen molar-refractivity contribution in [1.29, 1.82) is 0 Å². The largest absolute Gasteiger partial charge is 0.337 e. The monoisotopic (exact) mass is 394 g/mol. The molecular formula is C21H22N4O2S. The second-order valence-corrected chi connectivity index (χ2v) is 8.74. The summed E-state index contributed by atoms with van der Waals surface area (Å²) in [6.07, 6.45) is 4.83. The van der Waals surface area contributed by atoms with Gasteiger partial charge in [-0.05, 0) is 55.7 Å². The fourth-order valence-electron chi connectivity index (χ4n) is 4.23. The molecular weight excluding hydrogens is 372 g/mol. The molecule has 3 aromatic rings. The van der Waals surface area contributed by atoms with E-state index in [1.807, 2.05) is 29.2 Å². The van der Waals surface area contributed by atoms with Crippen LogP contribution in [-0.2, 0) is 19.4 Å². The highest BCUT2D eigenvalue weighted by Crippen LogP contribution is 2.25. The molecule has 0 unspecified atom stereocenters. The van der Waals surface area contributed by atoms with Crippen molar-refractivity contribution in [1.82, 2.24) is 19.7 Å². The molecule has 1 amide bonds. The summed E-state index contributed by atoms with van der Waals surface area (Å²) in [6.45, 7) is 2.06. The first kappa shape index (κ1) is 17.6. The molecule has 0 N–H and O–H groups in total. The number of amides is 1. The number of thiazole rings is 1. The smallest absolute Gasteiger partial charge is 0.282 e. The number of likely N-dealkylation sites (tertiary alicyclic amines) is 1. The first-order chi connectivity index (χ1) is 13.7. The molecule has 0 atom stereocenters. The van der Waals surface area contributed by atoms with E-state index in [0.717, 1.165) is 53.6 Å². The van der Waals surface area contributed by atoms with Gasteiger partial charge in [-0.15, -0.1) is 11.3 Å². The Kier molecular flexibility index (Phi) is 4.47. The second kappa shape index (κ2) is 7.13. The van der Waals surface area contributed by atoms with Gasteiger partial charge in [0.25, 0.3) is 11.5 Å². The third-order valence-corrected chi connectivity index (χ3v) is 6.86. The van der Waals surface area contributed by atoms with E-state index in [1.165, 1.54) is 11.3 Å². The second-order valence-electron chi connectivity index (χ2n) is 7.71. The van der Waals surface area contributed by atoms with E-state index in [9.17, 15) is 9.59 Å². The van der Waals surface area contributed by atoms with Gasteiger partial charge in [-0.25, -0.2) is 9.67 Å². The van der Waals surface area contributed by atoms with Gasteiger partial charge in [0.2, 0.25) is 0 Å². The van der Waals surface area contributed by atoms with E-state index in [1.54, 1.807) is 10.7 Å². The van der Waals surface area contributed by atoms with Crippen LogP contribution in [0.5, 0.6) is 0 Å². The van der Waals surface area contributed by atoms with Gasteiger partial charge in [0.05, 0.1) is 15.9 Å². The quantitative estimate of drug-likeness (QED) is 0.685. The third-order valence-electron chi connectivity index (χ3n) is 5.83. The van der Waals surface area contributed by atoms with Crippen LogP contribution in [0.3, 0.4) is 0 Å². The van der Waals surface area contributed by atoms with Gasteiger partial charge in [0.15, 0.2) is 5.01 Å². The van der Waals surface area contributed by atoms with Crippen molar-refractivity contribution >= 4 is 27.5 Å². The number of rotatable bonds is 3. The number of fused-ring (bicyclic) bond motifs is 2. The lowest BCUT2D eigenvalue weighted by atomic mass is 9.97. The summed E-state index contributed by atoms with van der Waals surface area (Å²) in [7, 11) is 0. The normalized spacial score (nSPS) is 17.2. The van der Waals surface area contributed by atoms with Crippen molar-refractivity contribution < 1.29 is 4.79 Å². The number of carbonyl (C=O) groups is 1. The fraction of sp³-hybridized carbons (Fsp3) is 0.429. The molecule has 7 heteroatoms. The van der Waals surface area contributed by atoms with Crippen molar-refractivity contribution in [2.75, 3.05) is 13.1 Å². The lowest BCUT2D eigenvalue weighted by Crippen LogP contribution is -2.40. The Morgan fingerprint density at radius 3 is 2.82 bits per heavy atom. The number of nitrogens with zero attached hydrogens (tertiary/aromatic N) is 4. The SMILES string of the molecule is O=C(c1nc2ccccc2s1)N1CCC(Cn2nc3c(cc2=O)CCC3)CC1. The van der Waals surface area contributed by atoms with Gasteiger partial charge in [-0.2, -0.15) is 5.10 Å². The van der Waals surface area contributed by atoms with Gasteiger partial charge >= 0.3 is 0 Å². The van der Waals surface area contributed by atoms with Gasteiger partial charge in [-0.3, -0.25) is 9.59 Å². The average Bonchev–Trinajstić information content (AvgIpc) is 3.34. The third kappa shape index (κ3) is 3.24. The topological polar surface area (TPSA) is 68.1 Å². The molecule has 2 aromatic heterocycles. The maximum atomic E-state index is 12.8. The minimum Gasteiger partial charge on any atom is -0.337 e.